The van der Waals surface area contributed by atoms with E-state index >= 15 is 0 Å². The monoisotopic (exact) mass is 384 g/mol. The first-order valence-corrected chi connectivity index (χ1v) is 9.52. The molecule has 1 aromatic heterocycles. The molecule has 0 saturated carbocycles. The Balaban J connectivity index is 1.59. The highest BCUT2D eigenvalue weighted by Crippen LogP contribution is 2.23. The summed E-state index contributed by atoms with van der Waals surface area (Å²) in [4.78, 5) is 16.9. The molecule has 0 fully saturated rings. The molecule has 2 atom stereocenters. The van der Waals surface area contributed by atoms with Gasteiger partial charge in [-0.1, -0.05) is 53.7 Å². The molecule has 2 N–H and O–H groups in total. The van der Waals surface area contributed by atoms with Crippen LogP contribution in [0.25, 0.3) is 11.4 Å². The van der Waals surface area contributed by atoms with E-state index in [2.05, 4.69) is 20.5 Å². The molecule has 0 radical (unpaired) electrons. The third-order valence-corrected chi connectivity index (χ3v) is 5.13. The number of amides is 1. The number of carbonyl (C=O) groups excluding carboxylic acids is 1. The first kappa shape index (κ1) is 19.1. The predicted octanol–water partition coefficient (Wildman–Crippen LogP) is 4.28. The fourth-order valence-corrected chi connectivity index (χ4v) is 3.25. The molecule has 0 spiro atoms. The second kappa shape index (κ2) is 8.35. The zero-order chi connectivity index (χ0) is 19.4. The van der Waals surface area contributed by atoms with Gasteiger partial charge in [0.05, 0.1) is 11.3 Å². The SMILES string of the molecule is Cc1ccc(-c2nc(S[C@H](C)C(=O)N[C@H](C)c3ccc(F)cc3)n[nH]2)cc1. The van der Waals surface area contributed by atoms with Gasteiger partial charge in [-0.05, 0) is 38.5 Å². The van der Waals surface area contributed by atoms with Crippen LogP contribution in [0.15, 0.2) is 53.7 Å². The van der Waals surface area contributed by atoms with Crippen LogP contribution in [-0.4, -0.2) is 26.3 Å². The number of H-pyrrole nitrogens is 1. The van der Waals surface area contributed by atoms with Gasteiger partial charge < -0.3 is 5.32 Å². The zero-order valence-corrected chi connectivity index (χ0v) is 16.2. The molecule has 0 aliphatic heterocycles. The summed E-state index contributed by atoms with van der Waals surface area (Å²) in [5.41, 5.74) is 2.97. The first-order chi connectivity index (χ1) is 12.9. The second-order valence-corrected chi connectivity index (χ2v) is 7.68. The second-order valence-electron chi connectivity index (χ2n) is 6.37. The van der Waals surface area contributed by atoms with Crippen molar-refractivity contribution < 1.29 is 9.18 Å². The minimum Gasteiger partial charge on any atom is -0.349 e. The van der Waals surface area contributed by atoms with Gasteiger partial charge in [0.25, 0.3) is 0 Å². The van der Waals surface area contributed by atoms with Crippen molar-refractivity contribution in [1.82, 2.24) is 20.5 Å². The molecule has 7 heteroatoms. The fraction of sp³-hybridized carbons (Fsp3) is 0.250. The molecule has 5 nitrogen and oxygen atoms in total. The molecule has 3 rings (SSSR count). The summed E-state index contributed by atoms with van der Waals surface area (Å²) < 4.78 is 13.0. The molecule has 140 valence electrons. The lowest BCUT2D eigenvalue weighted by atomic mass is 10.1. The van der Waals surface area contributed by atoms with Gasteiger partial charge in [-0.25, -0.2) is 9.37 Å². The van der Waals surface area contributed by atoms with Gasteiger partial charge >= 0.3 is 0 Å². The van der Waals surface area contributed by atoms with E-state index in [4.69, 9.17) is 0 Å². The lowest BCUT2D eigenvalue weighted by Gasteiger charge is -2.17. The Bertz CT molecular complexity index is 908. The molecule has 27 heavy (non-hydrogen) atoms. The quantitative estimate of drug-likeness (QED) is 0.623. The molecule has 2 aromatic carbocycles. The Morgan fingerprint density at radius 2 is 1.78 bits per heavy atom. The third-order valence-electron chi connectivity index (χ3n) is 4.17. The summed E-state index contributed by atoms with van der Waals surface area (Å²) in [6.07, 6.45) is 0. The number of nitrogens with zero attached hydrogens (tertiary/aromatic N) is 2. The molecular formula is C20H21FN4OS. The van der Waals surface area contributed by atoms with Crippen LogP contribution >= 0.6 is 11.8 Å². The summed E-state index contributed by atoms with van der Waals surface area (Å²) in [6, 6.07) is 13.9. The summed E-state index contributed by atoms with van der Waals surface area (Å²) >= 11 is 1.28. The van der Waals surface area contributed by atoms with Crippen LogP contribution < -0.4 is 5.32 Å². The van der Waals surface area contributed by atoms with E-state index in [9.17, 15) is 9.18 Å². The van der Waals surface area contributed by atoms with Gasteiger partial charge in [-0.15, -0.1) is 5.10 Å². The standard InChI is InChI=1S/C20H21FN4OS/c1-12-4-6-16(7-5-12)18-23-20(25-24-18)27-14(3)19(26)22-13(2)15-8-10-17(21)11-9-15/h4-11,13-14H,1-3H3,(H,22,26)(H,23,24,25)/t13-,14-/m1/s1. The summed E-state index contributed by atoms with van der Waals surface area (Å²) in [5, 5.41) is 10.2. The molecule has 0 unspecified atom stereocenters. The van der Waals surface area contributed by atoms with Crippen molar-refractivity contribution in [3.63, 3.8) is 0 Å². The van der Waals surface area contributed by atoms with Crippen molar-refractivity contribution in [3.8, 4) is 11.4 Å². The van der Waals surface area contributed by atoms with E-state index < -0.39 is 0 Å². The Morgan fingerprint density at radius 3 is 2.44 bits per heavy atom. The van der Waals surface area contributed by atoms with Gasteiger partial charge in [0, 0.05) is 5.56 Å². The number of aromatic nitrogens is 3. The Labute approximate surface area is 161 Å². The maximum Gasteiger partial charge on any atom is 0.233 e. The Hall–Kier alpha value is -2.67. The number of benzene rings is 2. The van der Waals surface area contributed by atoms with Gasteiger partial charge in [0.15, 0.2) is 5.82 Å². The van der Waals surface area contributed by atoms with E-state index in [1.165, 1.54) is 29.5 Å². The number of aryl methyl sites for hydroxylation is 1. The number of rotatable bonds is 6. The highest BCUT2D eigenvalue weighted by Gasteiger charge is 2.19. The van der Waals surface area contributed by atoms with Crippen molar-refractivity contribution in [2.45, 2.75) is 37.2 Å². The van der Waals surface area contributed by atoms with Crippen LogP contribution in [-0.2, 0) is 4.79 Å². The van der Waals surface area contributed by atoms with Crippen LogP contribution in [0, 0.1) is 12.7 Å². The normalized spacial score (nSPS) is 13.2. The maximum atomic E-state index is 13.0. The molecule has 0 saturated heterocycles. The number of hydrogen-bond donors (Lipinski definition) is 2. The van der Waals surface area contributed by atoms with Crippen molar-refractivity contribution in [1.29, 1.82) is 0 Å². The largest absolute Gasteiger partial charge is 0.349 e. The number of aromatic amines is 1. The molecule has 3 aromatic rings. The average molecular weight is 384 g/mol. The predicted molar refractivity (Wildman–Crippen MR) is 105 cm³/mol. The van der Waals surface area contributed by atoms with Gasteiger partial charge in [0.1, 0.15) is 5.82 Å². The van der Waals surface area contributed by atoms with Crippen LogP contribution in [0.1, 0.15) is 31.0 Å². The topological polar surface area (TPSA) is 70.7 Å². The maximum absolute atomic E-state index is 13.0. The Morgan fingerprint density at radius 1 is 1.11 bits per heavy atom. The number of carbonyl (C=O) groups is 1. The summed E-state index contributed by atoms with van der Waals surface area (Å²) in [5.74, 6) is 0.249. The van der Waals surface area contributed by atoms with E-state index in [0.717, 1.165) is 11.1 Å². The zero-order valence-electron chi connectivity index (χ0n) is 15.4. The third kappa shape index (κ3) is 4.95. The highest BCUT2D eigenvalue weighted by molar-refractivity contribution is 8.00. The number of halogens is 1. The minimum atomic E-state index is -0.366. The first-order valence-electron chi connectivity index (χ1n) is 8.64. The van der Waals surface area contributed by atoms with E-state index in [0.29, 0.717) is 11.0 Å². The molecule has 0 bridgehead atoms. The van der Waals surface area contributed by atoms with Crippen molar-refractivity contribution in [2.75, 3.05) is 0 Å². The van der Waals surface area contributed by atoms with Gasteiger partial charge in [-0.3, -0.25) is 9.89 Å². The van der Waals surface area contributed by atoms with Crippen molar-refractivity contribution >= 4 is 17.7 Å². The Kier molecular flexibility index (Phi) is 5.91. The fourth-order valence-electron chi connectivity index (χ4n) is 2.52. The van der Waals surface area contributed by atoms with Gasteiger partial charge in [0.2, 0.25) is 11.1 Å². The van der Waals surface area contributed by atoms with Crippen LogP contribution in [0.5, 0.6) is 0 Å². The summed E-state index contributed by atoms with van der Waals surface area (Å²) in [7, 11) is 0. The van der Waals surface area contributed by atoms with Crippen LogP contribution in [0.2, 0.25) is 0 Å². The number of thioether (sulfide) groups is 1. The van der Waals surface area contributed by atoms with Gasteiger partial charge in [-0.2, -0.15) is 0 Å². The average Bonchev–Trinajstić information content (AvgIpc) is 3.11. The van der Waals surface area contributed by atoms with Crippen LogP contribution in [0.3, 0.4) is 0 Å². The number of hydrogen-bond acceptors (Lipinski definition) is 4. The lowest BCUT2D eigenvalue weighted by Crippen LogP contribution is -2.33. The van der Waals surface area contributed by atoms with E-state index in [1.54, 1.807) is 19.1 Å². The smallest absolute Gasteiger partial charge is 0.233 e. The van der Waals surface area contributed by atoms with Crippen LogP contribution in [0.4, 0.5) is 4.39 Å². The molecular weight excluding hydrogens is 363 g/mol. The minimum absolute atomic E-state index is 0.126. The lowest BCUT2D eigenvalue weighted by molar-refractivity contribution is -0.120. The number of nitrogens with one attached hydrogen (secondary N) is 2. The molecule has 1 heterocycles. The molecule has 0 aliphatic rings. The van der Waals surface area contributed by atoms with E-state index in [-0.39, 0.29) is 23.0 Å². The van der Waals surface area contributed by atoms with Crippen molar-refractivity contribution in [2.24, 2.45) is 0 Å². The van der Waals surface area contributed by atoms with Crippen molar-refractivity contribution in [3.05, 3.63) is 65.5 Å². The highest BCUT2D eigenvalue weighted by atomic mass is 32.2. The summed E-state index contributed by atoms with van der Waals surface area (Å²) in [6.45, 7) is 5.70. The molecule has 0 aliphatic carbocycles. The van der Waals surface area contributed by atoms with E-state index in [1.807, 2.05) is 38.1 Å². The molecule has 1 amide bonds.